The minimum atomic E-state index is -4.40. The summed E-state index contributed by atoms with van der Waals surface area (Å²) in [5.74, 6) is 0.572. The van der Waals surface area contributed by atoms with Crippen LogP contribution in [-0.2, 0) is 12.6 Å². The fourth-order valence-electron chi connectivity index (χ4n) is 5.81. The van der Waals surface area contributed by atoms with Crippen LogP contribution in [-0.4, -0.2) is 10.7 Å². The summed E-state index contributed by atoms with van der Waals surface area (Å²) in [6.07, 6.45) is -0.108. The van der Waals surface area contributed by atoms with Crippen LogP contribution in [0.15, 0.2) is 54.6 Å². The summed E-state index contributed by atoms with van der Waals surface area (Å²) >= 11 is 0. The molecule has 0 aromatic heterocycles. The molecule has 1 aliphatic carbocycles. The van der Waals surface area contributed by atoms with Crippen LogP contribution in [0, 0.1) is 5.82 Å². The molecule has 1 unspecified atom stereocenters. The van der Waals surface area contributed by atoms with Gasteiger partial charge in [0.15, 0.2) is 0 Å². The average molecular weight is 499 g/mol. The van der Waals surface area contributed by atoms with Gasteiger partial charge in [0.1, 0.15) is 17.2 Å². The fraction of sp³-hybridized carbons (Fsp3) is 0.400. The van der Waals surface area contributed by atoms with Gasteiger partial charge in [-0.15, -0.1) is 0 Å². The van der Waals surface area contributed by atoms with Gasteiger partial charge in [0.05, 0.1) is 11.7 Å². The fourth-order valence-corrected chi connectivity index (χ4v) is 5.81. The van der Waals surface area contributed by atoms with E-state index in [9.17, 15) is 22.7 Å². The van der Waals surface area contributed by atoms with Gasteiger partial charge in [0.2, 0.25) is 0 Å². The monoisotopic (exact) mass is 498 g/mol. The summed E-state index contributed by atoms with van der Waals surface area (Å²) < 4.78 is 59.7. The SMILES string of the molecule is CC1(C)CC(O)c2c(cc(C3CCCC3)c(Cc3ccc(C(F)(F)F)cc3)c2-c2ccc(F)cc2)O1. The van der Waals surface area contributed by atoms with Crippen molar-refractivity contribution in [3.05, 3.63) is 88.2 Å². The average Bonchev–Trinajstić information content (AvgIpc) is 3.33. The van der Waals surface area contributed by atoms with Gasteiger partial charge in [-0.25, -0.2) is 4.39 Å². The van der Waals surface area contributed by atoms with Crippen LogP contribution in [0.5, 0.6) is 5.75 Å². The van der Waals surface area contributed by atoms with Gasteiger partial charge in [-0.3, -0.25) is 0 Å². The highest BCUT2D eigenvalue weighted by molar-refractivity contribution is 5.77. The van der Waals surface area contributed by atoms with E-state index in [2.05, 4.69) is 0 Å². The molecule has 0 saturated heterocycles. The van der Waals surface area contributed by atoms with Crippen molar-refractivity contribution in [1.82, 2.24) is 0 Å². The van der Waals surface area contributed by atoms with E-state index in [1.54, 1.807) is 12.1 Å². The first-order chi connectivity index (χ1) is 17.0. The number of benzene rings is 3. The topological polar surface area (TPSA) is 29.5 Å². The Hall–Kier alpha value is -2.86. The van der Waals surface area contributed by atoms with E-state index in [1.807, 2.05) is 19.9 Å². The Morgan fingerprint density at radius 3 is 2.22 bits per heavy atom. The van der Waals surface area contributed by atoms with Crippen molar-refractivity contribution in [3.63, 3.8) is 0 Å². The summed E-state index contributed by atoms with van der Waals surface area (Å²) in [7, 11) is 0. The lowest BCUT2D eigenvalue weighted by molar-refractivity contribution is -0.137. The number of aliphatic hydroxyl groups is 1. The Kier molecular flexibility index (Phi) is 6.36. The first kappa shape index (κ1) is 24.8. The summed E-state index contributed by atoms with van der Waals surface area (Å²) in [4.78, 5) is 0. The van der Waals surface area contributed by atoms with Crippen molar-refractivity contribution >= 4 is 0 Å². The summed E-state index contributed by atoms with van der Waals surface area (Å²) in [5, 5.41) is 11.3. The van der Waals surface area contributed by atoms with Gasteiger partial charge in [-0.05, 0) is 97.2 Å². The molecule has 1 heterocycles. The second kappa shape index (κ2) is 9.22. The molecule has 2 nitrogen and oxygen atoms in total. The van der Waals surface area contributed by atoms with Crippen molar-refractivity contribution in [2.45, 2.75) is 76.2 Å². The number of aliphatic hydroxyl groups excluding tert-OH is 1. The maximum absolute atomic E-state index is 13.9. The largest absolute Gasteiger partial charge is 0.487 e. The van der Waals surface area contributed by atoms with Crippen molar-refractivity contribution in [2.24, 2.45) is 0 Å². The standard InChI is InChI=1S/C30H30F4O2/c1-29(2)17-25(35)28-26(36-29)16-23(19-5-3-4-6-19)24(27(28)20-9-13-22(31)14-10-20)15-18-7-11-21(12-8-18)30(32,33)34/h7-14,16,19,25,35H,3-6,15,17H2,1-2H3. The number of fused-ring (bicyclic) bond motifs is 1. The van der Waals surface area contributed by atoms with E-state index in [0.29, 0.717) is 30.1 Å². The van der Waals surface area contributed by atoms with E-state index in [0.717, 1.165) is 65.6 Å². The molecule has 3 aromatic rings. The van der Waals surface area contributed by atoms with E-state index < -0.39 is 23.4 Å². The van der Waals surface area contributed by atoms with Gasteiger partial charge >= 0.3 is 6.18 Å². The van der Waals surface area contributed by atoms with E-state index in [-0.39, 0.29) is 5.82 Å². The molecule has 1 N–H and O–H groups in total. The molecule has 190 valence electrons. The second-order valence-corrected chi connectivity index (χ2v) is 10.7. The molecular formula is C30H30F4O2. The third-order valence-electron chi connectivity index (χ3n) is 7.47. The van der Waals surface area contributed by atoms with Crippen LogP contribution < -0.4 is 4.74 Å². The Bertz CT molecular complexity index is 1240. The normalized spacial score (nSPS) is 19.7. The lowest BCUT2D eigenvalue weighted by atomic mass is 9.78. The minimum Gasteiger partial charge on any atom is -0.487 e. The number of ether oxygens (including phenoxy) is 1. The summed E-state index contributed by atoms with van der Waals surface area (Å²) in [6.45, 7) is 3.89. The molecule has 1 aliphatic heterocycles. The zero-order valence-corrected chi connectivity index (χ0v) is 20.5. The quantitative estimate of drug-likeness (QED) is 0.366. The van der Waals surface area contributed by atoms with Gasteiger partial charge in [-0.1, -0.05) is 37.1 Å². The van der Waals surface area contributed by atoms with Crippen LogP contribution in [0.1, 0.15) is 85.8 Å². The minimum absolute atomic E-state index is 0.296. The first-order valence-electron chi connectivity index (χ1n) is 12.5. The van der Waals surface area contributed by atoms with E-state index in [4.69, 9.17) is 4.74 Å². The first-order valence-corrected chi connectivity index (χ1v) is 12.5. The smallest absolute Gasteiger partial charge is 0.416 e. The lowest BCUT2D eigenvalue weighted by Crippen LogP contribution is -2.35. The van der Waals surface area contributed by atoms with Crippen LogP contribution in [0.25, 0.3) is 11.1 Å². The van der Waals surface area contributed by atoms with E-state index in [1.165, 1.54) is 24.3 Å². The third-order valence-corrected chi connectivity index (χ3v) is 7.47. The van der Waals surface area contributed by atoms with Gasteiger partial charge < -0.3 is 9.84 Å². The molecule has 0 radical (unpaired) electrons. The summed E-state index contributed by atoms with van der Waals surface area (Å²) in [6, 6.07) is 13.5. The van der Waals surface area contributed by atoms with Gasteiger partial charge in [-0.2, -0.15) is 13.2 Å². The molecule has 1 atom stereocenters. The highest BCUT2D eigenvalue weighted by Crippen LogP contribution is 2.50. The zero-order chi connectivity index (χ0) is 25.7. The van der Waals surface area contributed by atoms with Crippen LogP contribution in [0.2, 0.25) is 0 Å². The van der Waals surface area contributed by atoms with Crippen LogP contribution in [0.3, 0.4) is 0 Å². The van der Waals surface area contributed by atoms with Crippen molar-refractivity contribution < 1.29 is 27.4 Å². The molecular weight excluding hydrogens is 468 g/mol. The molecule has 3 aromatic carbocycles. The Morgan fingerprint density at radius 1 is 0.972 bits per heavy atom. The van der Waals surface area contributed by atoms with Crippen LogP contribution >= 0.6 is 0 Å². The summed E-state index contributed by atoms with van der Waals surface area (Å²) in [5.41, 5.74) is 3.83. The van der Waals surface area contributed by atoms with Crippen molar-refractivity contribution in [1.29, 1.82) is 0 Å². The third kappa shape index (κ3) is 4.88. The zero-order valence-electron chi connectivity index (χ0n) is 20.5. The lowest BCUT2D eigenvalue weighted by Gasteiger charge is -2.38. The van der Waals surface area contributed by atoms with E-state index >= 15 is 0 Å². The van der Waals surface area contributed by atoms with Crippen molar-refractivity contribution in [3.8, 4) is 16.9 Å². The Balaban J connectivity index is 1.72. The second-order valence-electron chi connectivity index (χ2n) is 10.7. The maximum Gasteiger partial charge on any atom is 0.416 e. The molecule has 0 spiro atoms. The molecule has 1 fully saturated rings. The number of halogens is 4. The molecule has 0 amide bonds. The number of alkyl halides is 3. The Morgan fingerprint density at radius 2 is 1.61 bits per heavy atom. The van der Waals surface area contributed by atoms with Gasteiger partial charge in [0, 0.05) is 12.0 Å². The molecule has 0 bridgehead atoms. The highest BCUT2D eigenvalue weighted by atomic mass is 19.4. The number of rotatable bonds is 4. The molecule has 36 heavy (non-hydrogen) atoms. The van der Waals surface area contributed by atoms with Crippen LogP contribution in [0.4, 0.5) is 17.6 Å². The number of hydrogen-bond acceptors (Lipinski definition) is 2. The molecule has 6 heteroatoms. The highest BCUT2D eigenvalue weighted by Gasteiger charge is 2.37. The van der Waals surface area contributed by atoms with Gasteiger partial charge in [0.25, 0.3) is 0 Å². The Labute approximate surface area is 208 Å². The molecule has 2 aliphatic rings. The van der Waals surface area contributed by atoms with Crippen molar-refractivity contribution in [2.75, 3.05) is 0 Å². The predicted molar refractivity (Wildman–Crippen MR) is 132 cm³/mol. The maximum atomic E-state index is 13.9. The molecule has 5 rings (SSSR count). The molecule has 1 saturated carbocycles. The number of hydrogen-bond donors (Lipinski definition) is 1. The predicted octanol–water partition coefficient (Wildman–Crippen LogP) is 8.35.